The van der Waals surface area contributed by atoms with Gasteiger partial charge in [0.25, 0.3) is 0 Å². The first-order valence-electron chi connectivity index (χ1n) is 3.71. The van der Waals surface area contributed by atoms with Gasteiger partial charge in [-0.05, 0) is 24.6 Å². The fourth-order valence-electron chi connectivity index (χ4n) is 0.983. The monoisotopic (exact) mass is 201 g/mol. The summed E-state index contributed by atoms with van der Waals surface area (Å²) in [5, 5.41) is 0. The molecule has 1 rings (SSSR count). The van der Waals surface area contributed by atoms with Gasteiger partial charge in [0, 0.05) is 5.69 Å². The smallest absolute Gasteiger partial charge is 0.180 e. The average Bonchev–Trinajstić information content (AvgIpc) is 2.10. The Bertz CT molecular complexity index is 352. The molecule has 0 fully saturated rings. The van der Waals surface area contributed by atoms with Gasteiger partial charge in [-0.2, -0.15) is 0 Å². The molecule has 0 heterocycles. The van der Waals surface area contributed by atoms with Gasteiger partial charge in [-0.3, -0.25) is 4.79 Å². The highest BCUT2D eigenvalue weighted by atomic mass is 35.5. The van der Waals surface area contributed by atoms with Crippen molar-refractivity contribution >= 4 is 23.1 Å². The van der Waals surface area contributed by atoms with Gasteiger partial charge in [0.05, 0.1) is 11.4 Å². The first kappa shape index (κ1) is 9.99. The van der Waals surface area contributed by atoms with Crippen molar-refractivity contribution in [1.82, 2.24) is 0 Å². The molecule has 4 heteroatoms. The number of hydrogen-bond donors (Lipinski definition) is 1. The predicted molar refractivity (Wildman–Crippen MR) is 50.6 cm³/mol. The minimum atomic E-state index is -0.617. The molecule has 0 atom stereocenters. The molecular weight excluding hydrogens is 193 g/mol. The third-order valence-electron chi connectivity index (χ3n) is 1.78. The molecule has 2 nitrogen and oxygen atoms in total. The SMILES string of the molecule is Cc1cc(C(=O)CCl)c(F)cc1N. The molecule has 0 unspecified atom stereocenters. The van der Waals surface area contributed by atoms with Gasteiger partial charge in [-0.15, -0.1) is 11.6 Å². The van der Waals surface area contributed by atoms with E-state index in [-0.39, 0.29) is 11.4 Å². The summed E-state index contributed by atoms with van der Waals surface area (Å²) in [6.07, 6.45) is 0. The quantitative estimate of drug-likeness (QED) is 0.453. The average molecular weight is 202 g/mol. The standard InChI is InChI=1S/C9H9ClFNO/c1-5-2-6(9(13)4-10)7(11)3-8(5)12/h2-3H,4,12H2,1H3. The van der Waals surface area contributed by atoms with E-state index in [4.69, 9.17) is 17.3 Å². The van der Waals surface area contributed by atoms with E-state index >= 15 is 0 Å². The van der Waals surface area contributed by atoms with E-state index in [9.17, 15) is 9.18 Å². The molecule has 0 saturated heterocycles. The van der Waals surface area contributed by atoms with Crippen molar-refractivity contribution in [3.63, 3.8) is 0 Å². The summed E-state index contributed by atoms with van der Waals surface area (Å²) in [5.41, 5.74) is 6.46. The van der Waals surface area contributed by atoms with E-state index in [2.05, 4.69) is 0 Å². The molecule has 1 aromatic rings. The first-order valence-corrected chi connectivity index (χ1v) is 4.24. The normalized spacial score (nSPS) is 10.1. The molecule has 0 aliphatic rings. The number of Topliss-reactive ketones (excluding diaryl/α,β-unsaturated/α-hetero) is 1. The van der Waals surface area contributed by atoms with Crippen molar-refractivity contribution in [3.05, 3.63) is 29.1 Å². The molecule has 13 heavy (non-hydrogen) atoms. The van der Waals surface area contributed by atoms with Crippen LogP contribution in [-0.4, -0.2) is 11.7 Å². The summed E-state index contributed by atoms with van der Waals surface area (Å²) in [5.74, 6) is -1.27. The van der Waals surface area contributed by atoms with E-state index in [1.165, 1.54) is 6.07 Å². The van der Waals surface area contributed by atoms with Gasteiger partial charge in [-0.25, -0.2) is 4.39 Å². The number of rotatable bonds is 2. The third kappa shape index (κ3) is 1.98. The van der Waals surface area contributed by atoms with Crippen LogP contribution in [0.15, 0.2) is 12.1 Å². The van der Waals surface area contributed by atoms with Crippen LogP contribution in [-0.2, 0) is 0 Å². The molecule has 0 aliphatic heterocycles. The van der Waals surface area contributed by atoms with Crippen LogP contribution in [0.3, 0.4) is 0 Å². The number of anilines is 1. The number of hydrogen-bond acceptors (Lipinski definition) is 2. The fourth-order valence-corrected chi connectivity index (χ4v) is 1.13. The molecule has 0 amide bonds. The van der Waals surface area contributed by atoms with E-state index in [0.29, 0.717) is 11.3 Å². The summed E-state index contributed by atoms with van der Waals surface area (Å²) in [6, 6.07) is 2.55. The largest absolute Gasteiger partial charge is 0.398 e. The molecular formula is C9H9ClFNO. The van der Waals surface area contributed by atoms with E-state index in [1.54, 1.807) is 6.92 Å². The van der Waals surface area contributed by atoms with Gasteiger partial charge in [0.2, 0.25) is 0 Å². The lowest BCUT2D eigenvalue weighted by molar-refractivity contribution is 0.101. The van der Waals surface area contributed by atoms with Gasteiger partial charge < -0.3 is 5.73 Å². The Kier molecular flexibility index (Phi) is 2.88. The molecule has 0 radical (unpaired) electrons. The molecule has 0 aromatic heterocycles. The van der Waals surface area contributed by atoms with E-state index in [0.717, 1.165) is 6.07 Å². The van der Waals surface area contributed by atoms with Crippen LogP contribution in [0.25, 0.3) is 0 Å². The zero-order chi connectivity index (χ0) is 10.0. The fraction of sp³-hybridized carbons (Fsp3) is 0.222. The van der Waals surface area contributed by atoms with Crippen LogP contribution < -0.4 is 5.73 Å². The molecule has 0 saturated carbocycles. The van der Waals surface area contributed by atoms with Crippen molar-refractivity contribution < 1.29 is 9.18 Å². The zero-order valence-corrected chi connectivity index (χ0v) is 7.86. The third-order valence-corrected chi connectivity index (χ3v) is 2.02. The second kappa shape index (κ2) is 3.75. The van der Waals surface area contributed by atoms with E-state index < -0.39 is 11.6 Å². The minimum absolute atomic E-state index is 0.00157. The predicted octanol–water partition coefficient (Wildman–Crippen LogP) is 2.14. The summed E-state index contributed by atoms with van der Waals surface area (Å²) < 4.78 is 13.1. The first-order chi connectivity index (χ1) is 6.06. The summed E-state index contributed by atoms with van der Waals surface area (Å²) in [4.78, 5) is 11.1. The Labute approximate surface area is 80.5 Å². The van der Waals surface area contributed by atoms with Crippen molar-refractivity contribution in [2.24, 2.45) is 0 Å². The number of alkyl halides is 1. The number of ketones is 1. The molecule has 70 valence electrons. The number of nitrogen functional groups attached to an aromatic ring is 1. The molecule has 0 bridgehead atoms. The molecule has 0 aliphatic carbocycles. The second-order valence-corrected chi connectivity index (χ2v) is 3.01. The van der Waals surface area contributed by atoms with Gasteiger partial charge in [-0.1, -0.05) is 0 Å². The van der Waals surface area contributed by atoms with Gasteiger partial charge >= 0.3 is 0 Å². The summed E-state index contributed by atoms with van der Waals surface area (Å²) >= 11 is 5.30. The lowest BCUT2D eigenvalue weighted by Crippen LogP contribution is -2.05. The lowest BCUT2D eigenvalue weighted by atomic mass is 10.1. The maximum absolute atomic E-state index is 13.1. The number of benzene rings is 1. The Morgan fingerprint density at radius 1 is 1.62 bits per heavy atom. The number of halogens is 2. The minimum Gasteiger partial charge on any atom is -0.398 e. The van der Waals surface area contributed by atoms with Crippen LogP contribution in [0.5, 0.6) is 0 Å². The number of carbonyl (C=O) groups excluding carboxylic acids is 1. The summed E-state index contributed by atoms with van der Waals surface area (Å²) in [6.45, 7) is 1.71. The van der Waals surface area contributed by atoms with Crippen LogP contribution >= 0.6 is 11.6 Å². The number of aryl methyl sites for hydroxylation is 1. The Morgan fingerprint density at radius 3 is 2.77 bits per heavy atom. The summed E-state index contributed by atoms with van der Waals surface area (Å²) in [7, 11) is 0. The van der Waals surface area contributed by atoms with Crippen LogP contribution in [0.4, 0.5) is 10.1 Å². The highest BCUT2D eigenvalue weighted by Gasteiger charge is 2.11. The Hall–Kier alpha value is -1.09. The second-order valence-electron chi connectivity index (χ2n) is 2.75. The Balaban J connectivity index is 3.23. The van der Waals surface area contributed by atoms with Crippen LogP contribution in [0.1, 0.15) is 15.9 Å². The maximum atomic E-state index is 13.1. The van der Waals surface area contributed by atoms with Crippen molar-refractivity contribution in [2.45, 2.75) is 6.92 Å². The highest BCUT2D eigenvalue weighted by molar-refractivity contribution is 6.30. The maximum Gasteiger partial charge on any atom is 0.180 e. The zero-order valence-electron chi connectivity index (χ0n) is 7.10. The van der Waals surface area contributed by atoms with Crippen molar-refractivity contribution in [3.8, 4) is 0 Å². The topological polar surface area (TPSA) is 43.1 Å². The molecule has 2 N–H and O–H groups in total. The number of carbonyl (C=O) groups is 1. The lowest BCUT2D eigenvalue weighted by Gasteiger charge is -2.04. The van der Waals surface area contributed by atoms with Crippen molar-refractivity contribution in [2.75, 3.05) is 11.6 Å². The van der Waals surface area contributed by atoms with Crippen LogP contribution in [0.2, 0.25) is 0 Å². The highest BCUT2D eigenvalue weighted by Crippen LogP contribution is 2.17. The van der Waals surface area contributed by atoms with Gasteiger partial charge in [0.15, 0.2) is 5.78 Å². The van der Waals surface area contributed by atoms with Crippen LogP contribution in [0, 0.1) is 12.7 Å². The van der Waals surface area contributed by atoms with E-state index in [1.807, 2.05) is 0 Å². The number of nitrogens with two attached hydrogens (primary N) is 1. The Morgan fingerprint density at radius 2 is 2.23 bits per heavy atom. The molecule has 1 aromatic carbocycles. The van der Waals surface area contributed by atoms with Crippen molar-refractivity contribution in [1.29, 1.82) is 0 Å². The molecule has 0 spiro atoms. The van der Waals surface area contributed by atoms with Gasteiger partial charge in [0.1, 0.15) is 5.82 Å².